The second kappa shape index (κ2) is 7.61. The van der Waals surface area contributed by atoms with Crippen LogP contribution < -0.4 is 9.47 Å². The van der Waals surface area contributed by atoms with Gasteiger partial charge in [0.05, 0.1) is 20.3 Å². The van der Waals surface area contributed by atoms with E-state index in [2.05, 4.69) is 0 Å². The van der Waals surface area contributed by atoms with Gasteiger partial charge in [-0.3, -0.25) is 4.79 Å². The van der Waals surface area contributed by atoms with Crippen molar-refractivity contribution >= 4 is 5.78 Å². The van der Waals surface area contributed by atoms with Gasteiger partial charge in [-0.25, -0.2) is 0 Å². The molecule has 0 aromatic heterocycles. The minimum Gasteiger partial charge on any atom is -0.497 e. The predicted molar refractivity (Wildman–Crippen MR) is 84.6 cm³/mol. The van der Waals surface area contributed by atoms with Crippen LogP contribution in [0.5, 0.6) is 11.5 Å². The Bertz CT molecular complexity index is 602. The summed E-state index contributed by atoms with van der Waals surface area (Å²) in [6.07, 6.45) is -0.174. The molecular formula is C18H20O4. The van der Waals surface area contributed by atoms with E-state index in [9.17, 15) is 9.90 Å². The summed E-state index contributed by atoms with van der Waals surface area (Å²) in [7, 11) is 3.19. The first-order valence-corrected chi connectivity index (χ1v) is 7.10. The lowest BCUT2D eigenvalue weighted by Crippen LogP contribution is -2.16. The van der Waals surface area contributed by atoms with E-state index in [-0.39, 0.29) is 12.2 Å². The first-order chi connectivity index (χ1) is 10.6. The quantitative estimate of drug-likeness (QED) is 0.799. The Kier molecular flexibility index (Phi) is 5.55. The molecule has 0 aliphatic rings. The number of carbonyl (C=O) groups excluding carboxylic acids is 1. The minimum atomic E-state index is -0.706. The van der Waals surface area contributed by atoms with Crippen LogP contribution in [0.2, 0.25) is 0 Å². The van der Waals surface area contributed by atoms with Crippen molar-refractivity contribution in [1.29, 1.82) is 0 Å². The number of carbonyl (C=O) groups is 1. The van der Waals surface area contributed by atoms with Gasteiger partial charge in [-0.05, 0) is 48.4 Å². The molecule has 1 atom stereocenters. The smallest absolute Gasteiger partial charge is 0.165 e. The fourth-order valence-corrected chi connectivity index (χ4v) is 2.21. The van der Waals surface area contributed by atoms with E-state index in [1.165, 1.54) is 0 Å². The van der Waals surface area contributed by atoms with Crippen LogP contribution in [0.4, 0.5) is 0 Å². The zero-order valence-corrected chi connectivity index (χ0v) is 12.8. The van der Waals surface area contributed by atoms with Crippen molar-refractivity contribution in [3.05, 3.63) is 59.7 Å². The van der Waals surface area contributed by atoms with Gasteiger partial charge < -0.3 is 14.6 Å². The normalized spacial score (nSPS) is 11.8. The highest BCUT2D eigenvalue weighted by atomic mass is 16.5. The van der Waals surface area contributed by atoms with Gasteiger partial charge in [-0.2, -0.15) is 0 Å². The highest BCUT2D eigenvalue weighted by molar-refractivity contribution is 5.96. The van der Waals surface area contributed by atoms with Gasteiger partial charge in [0.25, 0.3) is 0 Å². The maximum absolute atomic E-state index is 12.1. The number of ketones is 1. The zero-order chi connectivity index (χ0) is 15.9. The van der Waals surface area contributed by atoms with E-state index in [4.69, 9.17) is 9.47 Å². The average molecular weight is 300 g/mol. The fraction of sp³-hybridized carbons (Fsp3) is 0.278. The maximum Gasteiger partial charge on any atom is 0.165 e. The first-order valence-electron chi connectivity index (χ1n) is 7.10. The molecule has 2 aromatic rings. The molecule has 4 heteroatoms. The number of ether oxygens (including phenoxy) is 2. The topological polar surface area (TPSA) is 55.8 Å². The van der Waals surface area contributed by atoms with Gasteiger partial charge in [0.15, 0.2) is 5.78 Å². The Balaban J connectivity index is 1.92. The third-order valence-corrected chi connectivity index (χ3v) is 3.46. The third kappa shape index (κ3) is 4.33. The summed E-state index contributed by atoms with van der Waals surface area (Å²) >= 11 is 0. The van der Waals surface area contributed by atoms with E-state index >= 15 is 0 Å². The minimum absolute atomic E-state index is 0.0799. The molecule has 1 unspecified atom stereocenters. The number of aliphatic hydroxyl groups is 1. The van der Waals surface area contributed by atoms with Crippen molar-refractivity contribution in [1.82, 2.24) is 0 Å². The summed E-state index contributed by atoms with van der Waals surface area (Å²) in [5.74, 6) is 1.39. The van der Waals surface area contributed by atoms with E-state index in [1.807, 2.05) is 24.3 Å². The van der Waals surface area contributed by atoms with Crippen molar-refractivity contribution in [2.75, 3.05) is 14.2 Å². The standard InChI is InChI=1S/C18H20O4/c1-21-16-7-3-13(4-8-16)11-15(19)12-18(20)14-5-9-17(22-2)10-6-14/h3-10,15,19H,11-12H2,1-2H3. The van der Waals surface area contributed by atoms with Crippen LogP contribution in [0.1, 0.15) is 22.3 Å². The number of benzene rings is 2. The molecule has 0 fully saturated rings. The van der Waals surface area contributed by atoms with Crippen molar-refractivity contribution < 1.29 is 19.4 Å². The van der Waals surface area contributed by atoms with Crippen molar-refractivity contribution in [3.8, 4) is 11.5 Å². The van der Waals surface area contributed by atoms with Gasteiger partial charge >= 0.3 is 0 Å². The second-order valence-corrected chi connectivity index (χ2v) is 5.06. The molecule has 116 valence electrons. The summed E-state index contributed by atoms with van der Waals surface area (Å²) in [5, 5.41) is 10.1. The van der Waals surface area contributed by atoms with E-state index in [1.54, 1.807) is 38.5 Å². The molecule has 0 spiro atoms. The predicted octanol–water partition coefficient (Wildman–Crippen LogP) is 2.88. The molecule has 0 saturated carbocycles. The molecule has 2 aromatic carbocycles. The molecule has 0 amide bonds. The average Bonchev–Trinajstić information content (AvgIpc) is 2.55. The van der Waals surface area contributed by atoms with E-state index in [0.717, 1.165) is 11.3 Å². The summed E-state index contributed by atoms with van der Waals surface area (Å²) < 4.78 is 10.1. The Morgan fingerprint density at radius 2 is 1.45 bits per heavy atom. The lowest BCUT2D eigenvalue weighted by Gasteiger charge is -2.11. The summed E-state index contributed by atoms with van der Waals surface area (Å²) in [6, 6.07) is 14.4. The van der Waals surface area contributed by atoms with Gasteiger partial charge in [-0.15, -0.1) is 0 Å². The summed E-state index contributed by atoms with van der Waals surface area (Å²) in [5.41, 5.74) is 1.55. The SMILES string of the molecule is COc1ccc(CC(O)CC(=O)c2ccc(OC)cc2)cc1. The zero-order valence-electron chi connectivity index (χ0n) is 12.8. The molecule has 0 aliphatic heterocycles. The molecule has 22 heavy (non-hydrogen) atoms. The van der Waals surface area contributed by atoms with Crippen LogP contribution in [0, 0.1) is 0 Å². The molecule has 0 aliphatic carbocycles. The summed E-state index contributed by atoms with van der Waals surface area (Å²) in [6.45, 7) is 0. The molecule has 0 saturated heterocycles. The van der Waals surface area contributed by atoms with Crippen LogP contribution >= 0.6 is 0 Å². The van der Waals surface area contributed by atoms with Crippen LogP contribution in [0.25, 0.3) is 0 Å². The maximum atomic E-state index is 12.1. The first kappa shape index (κ1) is 16.0. The largest absolute Gasteiger partial charge is 0.497 e. The molecule has 0 bridgehead atoms. The lowest BCUT2D eigenvalue weighted by molar-refractivity contribution is 0.0881. The molecular weight excluding hydrogens is 280 g/mol. The molecule has 0 heterocycles. The van der Waals surface area contributed by atoms with Gasteiger partial charge in [-0.1, -0.05) is 12.1 Å². The number of hydrogen-bond donors (Lipinski definition) is 1. The Hall–Kier alpha value is -2.33. The highest BCUT2D eigenvalue weighted by Crippen LogP contribution is 2.16. The number of rotatable bonds is 7. The second-order valence-electron chi connectivity index (χ2n) is 5.06. The van der Waals surface area contributed by atoms with E-state index < -0.39 is 6.10 Å². The Labute approximate surface area is 130 Å². The van der Waals surface area contributed by atoms with Gasteiger partial charge in [0.2, 0.25) is 0 Å². The number of Topliss-reactive ketones (excluding diaryl/α,β-unsaturated/α-hetero) is 1. The van der Waals surface area contributed by atoms with Crippen LogP contribution in [-0.2, 0) is 6.42 Å². The van der Waals surface area contributed by atoms with Crippen molar-refractivity contribution in [2.45, 2.75) is 18.9 Å². The van der Waals surface area contributed by atoms with Crippen LogP contribution in [-0.4, -0.2) is 31.2 Å². The van der Waals surface area contributed by atoms with Crippen LogP contribution in [0.3, 0.4) is 0 Å². The van der Waals surface area contributed by atoms with Crippen molar-refractivity contribution in [2.24, 2.45) is 0 Å². The number of aliphatic hydroxyl groups excluding tert-OH is 1. The number of methoxy groups -OCH3 is 2. The number of hydrogen-bond acceptors (Lipinski definition) is 4. The monoisotopic (exact) mass is 300 g/mol. The Morgan fingerprint density at radius 3 is 1.95 bits per heavy atom. The Morgan fingerprint density at radius 1 is 0.955 bits per heavy atom. The molecule has 4 nitrogen and oxygen atoms in total. The van der Waals surface area contributed by atoms with E-state index in [0.29, 0.717) is 17.7 Å². The molecule has 0 radical (unpaired) electrons. The molecule has 1 N–H and O–H groups in total. The summed E-state index contributed by atoms with van der Waals surface area (Å²) in [4.78, 5) is 12.1. The highest BCUT2D eigenvalue weighted by Gasteiger charge is 2.13. The van der Waals surface area contributed by atoms with Gasteiger partial charge in [0.1, 0.15) is 11.5 Å². The lowest BCUT2D eigenvalue weighted by atomic mass is 10.00. The molecule has 2 rings (SSSR count). The van der Waals surface area contributed by atoms with Crippen molar-refractivity contribution in [3.63, 3.8) is 0 Å². The third-order valence-electron chi connectivity index (χ3n) is 3.46. The fourth-order valence-electron chi connectivity index (χ4n) is 2.21. The van der Waals surface area contributed by atoms with Gasteiger partial charge in [0, 0.05) is 12.0 Å². The van der Waals surface area contributed by atoms with Crippen LogP contribution in [0.15, 0.2) is 48.5 Å².